The predicted octanol–water partition coefficient (Wildman–Crippen LogP) is 8.54. The number of hydrogen-bond acceptors (Lipinski definition) is 11. The first kappa shape index (κ1) is 37.7. The minimum absolute atomic E-state index is 0.182. The molecule has 6 aromatic rings. The fourth-order valence-corrected chi connectivity index (χ4v) is 20.5. The molecule has 2 unspecified atom stereocenters. The number of carbonyl (C=O) groups is 1. The van der Waals surface area contributed by atoms with Crippen molar-refractivity contribution in [3.63, 3.8) is 0 Å². The van der Waals surface area contributed by atoms with E-state index in [1.54, 1.807) is 6.92 Å². The number of nitrogens with one attached hydrogen (secondary N) is 1. The summed E-state index contributed by atoms with van der Waals surface area (Å²) < 4.78 is 33.1. The predicted molar refractivity (Wildman–Crippen MR) is 212 cm³/mol. The van der Waals surface area contributed by atoms with E-state index in [4.69, 9.17) is 43.8 Å². The maximum Gasteiger partial charge on any atom is 0.328 e. The molecule has 0 radical (unpaired) electrons. The Kier molecular flexibility index (Phi) is 9.71. The van der Waals surface area contributed by atoms with Crippen LogP contribution in [0.5, 0.6) is 0 Å². The van der Waals surface area contributed by atoms with Crippen molar-refractivity contribution >= 4 is 28.5 Å². The van der Waals surface area contributed by atoms with Crippen LogP contribution in [0.2, 0.25) is 0 Å². The van der Waals surface area contributed by atoms with Gasteiger partial charge in [-0.15, -0.1) is 0 Å². The summed E-state index contributed by atoms with van der Waals surface area (Å²) in [6.45, 7) is 21.7. The van der Waals surface area contributed by atoms with Gasteiger partial charge in [-0.25, -0.2) is 14.3 Å². The molecule has 0 amide bonds. The molecule has 0 saturated carbocycles. The van der Waals surface area contributed by atoms with Gasteiger partial charge >= 0.3 is 21.0 Å². The highest BCUT2D eigenvalue weighted by molar-refractivity contribution is 7.84. The van der Waals surface area contributed by atoms with Gasteiger partial charge in [-0.1, -0.05) is 30.3 Å². The zero-order valence-corrected chi connectivity index (χ0v) is 35.2. The number of hydrogen-bond donors (Lipinski definition) is 1. The highest BCUT2D eigenvalue weighted by Crippen LogP contribution is 2.79. The van der Waals surface area contributed by atoms with Crippen LogP contribution >= 0.6 is 22.5 Å². The van der Waals surface area contributed by atoms with E-state index < -0.39 is 34.5 Å². The van der Waals surface area contributed by atoms with Crippen molar-refractivity contribution < 1.29 is 9.53 Å². The molecule has 0 saturated heterocycles. The van der Waals surface area contributed by atoms with E-state index in [1.165, 1.54) is 0 Å². The van der Waals surface area contributed by atoms with E-state index in [1.807, 2.05) is 152 Å². The standard InChI is InChI=1S/C35H47N14O2P3/c1-12-51-35(50)34(33-16-14-13-15-17-33)41-52(45-28(7)18-23(2)36-45)42-53(46-29(8)19-24(3)37-46,47-30(9)20-25(4)38-47)44-54(43-52,48-31(10)21-26(5)39-48)49-32(11)22-27(6)40-49/h13-22,34,41H,12H2,1-11H3. The molecule has 0 spiro atoms. The van der Waals surface area contributed by atoms with Gasteiger partial charge in [0.2, 0.25) is 0 Å². The number of rotatable bonds is 10. The van der Waals surface area contributed by atoms with Crippen molar-refractivity contribution in [1.82, 2.24) is 52.8 Å². The molecular formula is C35H47N14O2P3. The number of nitrogens with zero attached hydrogens (tertiary/aromatic N) is 13. The lowest BCUT2D eigenvalue weighted by atomic mass is 10.1. The molecule has 0 bridgehead atoms. The Morgan fingerprint density at radius 1 is 0.574 bits per heavy atom. The smallest absolute Gasteiger partial charge is 0.328 e. The molecule has 284 valence electrons. The third-order valence-corrected chi connectivity index (χ3v) is 19.9. The Labute approximate surface area is 315 Å². The summed E-state index contributed by atoms with van der Waals surface area (Å²) in [6, 6.07) is 18.5. The van der Waals surface area contributed by atoms with E-state index in [0.717, 1.165) is 56.9 Å². The van der Waals surface area contributed by atoms with Crippen LogP contribution in [0.15, 0.2) is 74.2 Å². The monoisotopic (exact) mass is 788 g/mol. The first-order valence-electron chi connectivity index (χ1n) is 17.7. The lowest BCUT2D eigenvalue weighted by Gasteiger charge is -2.38. The lowest BCUT2D eigenvalue weighted by Crippen LogP contribution is -2.31. The van der Waals surface area contributed by atoms with Gasteiger partial charge in [0.25, 0.3) is 7.51 Å². The van der Waals surface area contributed by atoms with Crippen LogP contribution in [-0.4, -0.2) is 60.3 Å². The average Bonchev–Trinajstić information content (AvgIpc) is 3.92. The van der Waals surface area contributed by atoms with Crippen LogP contribution < -0.4 is 5.09 Å². The molecule has 19 heteroatoms. The van der Waals surface area contributed by atoms with Gasteiger partial charge in [0.05, 0.1) is 35.1 Å². The van der Waals surface area contributed by atoms with Crippen LogP contribution in [0, 0.1) is 69.2 Å². The van der Waals surface area contributed by atoms with Gasteiger partial charge < -0.3 is 4.74 Å². The van der Waals surface area contributed by atoms with E-state index >= 15 is 0 Å². The van der Waals surface area contributed by atoms with Gasteiger partial charge in [0.15, 0.2) is 0 Å². The molecule has 7 rings (SSSR count). The highest BCUT2D eigenvalue weighted by atomic mass is 31.3. The first-order chi connectivity index (χ1) is 25.6. The number of ether oxygens (including phenoxy) is 1. The third-order valence-electron chi connectivity index (χ3n) is 8.90. The number of aryl methyl sites for hydroxylation is 10. The second kappa shape index (κ2) is 13.9. The summed E-state index contributed by atoms with van der Waals surface area (Å²) in [5, 5.41) is 29.4. The van der Waals surface area contributed by atoms with Gasteiger partial charge in [-0.3, -0.25) is 0 Å². The van der Waals surface area contributed by atoms with Gasteiger partial charge in [0.1, 0.15) is 6.04 Å². The van der Waals surface area contributed by atoms with Gasteiger partial charge in [-0.05, 0) is 112 Å². The van der Waals surface area contributed by atoms with Gasteiger partial charge in [-0.2, -0.15) is 56.8 Å². The van der Waals surface area contributed by atoms with Crippen LogP contribution in [0.4, 0.5) is 0 Å². The maximum atomic E-state index is 14.3. The average molecular weight is 789 g/mol. The minimum Gasteiger partial charge on any atom is -0.465 e. The Morgan fingerprint density at radius 2 is 0.944 bits per heavy atom. The molecule has 1 aliphatic heterocycles. The zero-order valence-electron chi connectivity index (χ0n) is 32.5. The van der Waals surface area contributed by atoms with E-state index in [-0.39, 0.29) is 6.61 Å². The maximum absolute atomic E-state index is 14.3. The normalized spacial score (nSPS) is 18.1. The summed E-state index contributed by atoms with van der Waals surface area (Å²) in [4.78, 5) is 14.3. The van der Waals surface area contributed by atoms with Crippen molar-refractivity contribution in [1.29, 1.82) is 0 Å². The summed E-state index contributed by atoms with van der Waals surface area (Å²) in [6.07, 6.45) is 0. The molecule has 1 N–H and O–H groups in total. The third kappa shape index (κ3) is 6.28. The van der Waals surface area contributed by atoms with Crippen LogP contribution in [0.1, 0.15) is 75.5 Å². The molecule has 1 aromatic carbocycles. The molecule has 0 fully saturated rings. The molecular weight excluding hydrogens is 741 g/mol. The molecule has 0 aliphatic carbocycles. The van der Waals surface area contributed by atoms with Crippen molar-refractivity contribution in [2.75, 3.05) is 6.61 Å². The number of benzene rings is 1. The summed E-state index contributed by atoms with van der Waals surface area (Å²) in [5.41, 5.74) is 8.73. The van der Waals surface area contributed by atoms with Crippen molar-refractivity contribution in [2.45, 2.75) is 82.2 Å². The second-order valence-electron chi connectivity index (χ2n) is 13.7. The quantitative estimate of drug-likeness (QED) is 0.107. The SMILES string of the molecule is CCOC(=O)C(NP1(n2nc(C)cc2C)=NP(n2nc(C)cc2C)(n2nc(C)cc2C)=NP(n2nc(C)cc2C)(n2nc(C)cc2C)=N1)c1ccccc1. The largest absolute Gasteiger partial charge is 0.465 e. The molecule has 16 nitrogen and oxygen atoms in total. The minimum atomic E-state index is -3.74. The molecule has 54 heavy (non-hydrogen) atoms. The van der Waals surface area contributed by atoms with Crippen LogP contribution in [-0.2, 0) is 9.53 Å². The Morgan fingerprint density at radius 3 is 1.30 bits per heavy atom. The molecule has 2 atom stereocenters. The molecule has 6 heterocycles. The first-order valence-corrected chi connectivity index (χ1v) is 22.6. The summed E-state index contributed by atoms with van der Waals surface area (Å²) in [7, 11) is -11.0. The highest BCUT2D eigenvalue weighted by Gasteiger charge is 2.49. The lowest BCUT2D eigenvalue weighted by molar-refractivity contribution is -0.145. The van der Waals surface area contributed by atoms with Gasteiger partial charge in [0, 0.05) is 28.5 Å². The van der Waals surface area contributed by atoms with E-state index in [2.05, 4.69) is 5.09 Å². The summed E-state index contributed by atoms with van der Waals surface area (Å²) >= 11 is 0. The molecule has 1 aliphatic rings. The Balaban J connectivity index is 1.80. The van der Waals surface area contributed by atoms with E-state index in [0.29, 0.717) is 5.56 Å². The van der Waals surface area contributed by atoms with Crippen molar-refractivity contribution in [2.24, 2.45) is 13.5 Å². The topological polar surface area (TPSA) is 165 Å². The van der Waals surface area contributed by atoms with E-state index in [9.17, 15) is 4.79 Å². The Bertz CT molecular complexity index is 2390. The Hall–Kier alpha value is -4.61. The number of aromatic nitrogens is 10. The fourth-order valence-electron chi connectivity index (χ4n) is 6.96. The van der Waals surface area contributed by atoms with Crippen molar-refractivity contribution in [3.8, 4) is 0 Å². The summed E-state index contributed by atoms with van der Waals surface area (Å²) in [5.74, 6) is -0.472. The number of carbonyl (C=O) groups excluding carboxylic acids is 1. The van der Waals surface area contributed by atoms with Crippen LogP contribution in [0.3, 0.4) is 0 Å². The zero-order chi connectivity index (χ0) is 38.7. The number of esters is 1. The van der Waals surface area contributed by atoms with Crippen molar-refractivity contribution in [3.05, 3.63) is 123 Å². The second-order valence-corrected chi connectivity index (χ2v) is 21.3. The molecule has 5 aromatic heterocycles. The fraction of sp³-hybridized carbons (Fsp3) is 0.371. The van der Waals surface area contributed by atoms with Crippen LogP contribution in [0.25, 0.3) is 0 Å².